The first kappa shape index (κ1) is 26.9. The lowest BCUT2D eigenvalue weighted by molar-refractivity contribution is -0.143. The number of nitrogens with zero attached hydrogens (tertiary/aromatic N) is 4. The average molecular weight is 522 g/mol. The zero-order valence-corrected chi connectivity index (χ0v) is 19.7. The summed E-state index contributed by atoms with van der Waals surface area (Å²) in [5, 5.41) is 3.41. The van der Waals surface area contributed by atoms with Gasteiger partial charge >= 0.3 is 12.4 Å². The van der Waals surface area contributed by atoms with Gasteiger partial charge in [0.05, 0.1) is 42.5 Å². The third-order valence-electron chi connectivity index (χ3n) is 7.07. The minimum atomic E-state index is -4.92. The molecule has 5 nitrogen and oxygen atoms in total. The highest BCUT2D eigenvalue weighted by atomic mass is 19.4. The van der Waals surface area contributed by atoms with Crippen molar-refractivity contribution >= 4 is 0 Å². The molecule has 11 heteroatoms. The molecule has 0 spiro atoms. The first-order chi connectivity index (χ1) is 17.6. The fourth-order valence-corrected chi connectivity index (χ4v) is 5.52. The van der Waals surface area contributed by atoms with E-state index in [0.29, 0.717) is 31.5 Å². The van der Waals surface area contributed by atoms with Gasteiger partial charge in [-0.25, -0.2) is 0 Å². The summed E-state index contributed by atoms with van der Waals surface area (Å²) in [6.45, 7) is -0.000172. The van der Waals surface area contributed by atoms with Crippen LogP contribution < -0.4 is 0 Å². The van der Waals surface area contributed by atoms with Gasteiger partial charge in [0.25, 0.3) is 0 Å². The van der Waals surface area contributed by atoms with Crippen molar-refractivity contribution in [3.8, 4) is 11.8 Å². The predicted molar refractivity (Wildman–Crippen MR) is 124 cm³/mol. The second kappa shape index (κ2) is 10.7. The van der Waals surface area contributed by atoms with Crippen LogP contribution in [-0.4, -0.2) is 30.1 Å². The van der Waals surface area contributed by atoms with Gasteiger partial charge in [-0.3, -0.25) is 4.90 Å². The Morgan fingerprint density at radius 3 is 2.27 bits per heavy atom. The molecule has 2 aromatic carbocycles. The van der Waals surface area contributed by atoms with E-state index in [9.17, 15) is 26.3 Å². The number of halogens is 6. The van der Waals surface area contributed by atoms with Crippen LogP contribution >= 0.6 is 0 Å². The topological polar surface area (TPSA) is 61.2 Å². The second-order valence-corrected chi connectivity index (χ2v) is 9.14. The van der Waals surface area contributed by atoms with E-state index in [0.717, 1.165) is 18.4 Å². The molecule has 2 aromatic rings. The van der Waals surface area contributed by atoms with Crippen molar-refractivity contribution in [3.63, 3.8) is 0 Å². The lowest BCUT2D eigenvalue weighted by Gasteiger charge is -2.49. The van der Waals surface area contributed by atoms with Crippen LogP contribution in [0.3, 0.4) is 0 Å². The first-order valence-corrected chi connectivity index (χ1v) is 11.7. The van der Waals surface area contributed by atoms with Crippen molar-refractivity contribution in [2.24, 2.45) is 5.11 Å². The standard InChI is InChI=1S/C26H24F6N4O/c27-25(28,29)20-14-18(15-21(16-20)26(30,31)32)17-37-23-9-8-22-10-11-24(23,19-6-2-1-3-7-19)36(22)13-5-4-12-34-35-33/h1-3,6-7,14-16,22-23H,8-13,17H2/t22-,23+,24+/m0/s1. The number of rotatable bonds is 6. The second-order valence-electron chi connectivity index (χ2n) is 9.14. The molecule has 2 heterocycles. The van der Waals surface area contributed by atoms with Gasteiger partial charge in [0.15, 0.2) is 0 Å². The minimum absolute atomic E-state index is 0.0321. The fourth-order valence-electron chi connectivity index (χ4n) is 5.52. The molecule has 0 saturated carbocycles. The van der Waals surface area contributed by atoms with Gasteiger partial charge in [-0.2, -0.15) is 26.3 Å². The molecule has 2 saturated heterocycles. The fraction of sp³-hybridized carbons (Fsp3) is 0.462. The van der Waals surface area contributed by atoms with Crippen LogP contribution in [0.25, 0.3) is 10.4 Å². The van der Waals surface area contributed by atoms with Gasteiger partial charge in [-0.15, -0.1) is 0 Å². The quantitative estimate of drug-likeness (QED) is 0.134. The summed E-state index contributed by atoms with van der Waals surface area (Å²) in [6, 6.07) is 11.3. The number of hydrogen-bond acceptors (Lipinski definition) is 3. The van der Waals surface area contributed by atoms with Crippen molar-refractivity contribution in [1.82, 2.24) is 4.90 Å². The highest BCUT2D eigenvalue weighted by Crippen LogP contribution is 2.51. The largest absolute Gasteiger partial charge is 0.416 e. The van der Waals surface area contributed by atoms with Crippen molar-refractivity contribution in [2.75, 3.05) is 13.1 Å². The summed E-state index contributed by atoms with van der Waals surface area (Å²) >= 11 is 0. The zero-order valence-electron chi connectivity index (χ0n) is 19.7. The number of fused-ring (bicyclic) bond motifs is 2. The molecule has 2 aliphatic heterocycles. The van der Waals surface area contributed by atoms with E-state index < -0.39 is 41.7 Å². The Balaban J connectivity index is 1.65. The lowest BCUT2D eigenvalue weighted by Crippen LogP contribution is -2.57. The molecule has 4 rings (SSSR count). The number of alkyl halides is 6. The van der Waals surface area contributed by atoms with E-state index in [2.05, 4.69) is 26.8 Å². The summed E-state index contributed by atoms with van der Waals surface area (Å²) in [7, 11) is 0. The van der Waals surface area contributed by atoms with E-state index >= 15 is 0 Å². The van der Waals surface area contributed by atoms with Crippen molar-refractivity contribution < 1.29 is 31.1 Å². The van der Waals surface area contributed by atoms with Crippen LogP contribution in [0.5, 0.6) is 0 Å². The van der Waals surface area contributed by atoms with Crippen LogP contribution in [0, 0.1) is 11.8 Å². The maximum Gasteiger partial charge on any atom is 0.416 e. The maximum absolute atomic E-state index is 13.3. The Labute approximate surface area is 210 Å². The van der Waals surface area contributed by atoms with E-state index in [-0.39, 0.29) is 24.2 Å². The molecule has 0 amide bonds. The van der Waals surface area contributed by atoms with Gasteiger partial charge in [0.2, 0.25) is 0 Å². The van der Waals surface area contributed by atoms with Crippen molar-refractivity contribution in [1.29, 1.82) is 0 Å². The molecule has 0 radical (unpaired) electrons. The van der Waals surface area contributed by atoms with Crippen LogP contribution in [0.2, 0.25) is 0 Å². The molecule has 0 unspecified atom stereocenters. The van der Waals surface area contributed by atoms with Crippen molar-refractivity contribution in [2.45, 2.75) is 62.3 Å². The normalized spacial score (nSPS) is 23.7. The first-order valence-electron chi connectivity index (χ1n) is 11.7. The number of piperidine rings is 1. The highest BCUT2D eigenvalue weighted by molar-refractivity contribution is 5.34. The van der Waals surface area contributed by atoms with Crippen molar-refractivity contribution in [3.05, 3.63) is 81.2 Å². The van der Waals surface area contributed by atoms with Crippen LogP contribution in [0.1, 0.15) is 47.9 Å². The average Bonchev–Trinajstić information content (AvgIpc) is 3.11. The number of azide groups is 1. The van der Waals surface area contributed by atoms with Crippen LogP contribution in [0.15, 0.2) is 53.6 Å². The Kier molecular flexibility index (Phi) is 7.74. The smallest absolute Gasteiger partial charge is 0.371 e. The summed E-state index contributed by atoms with van der Waals surface area (Å²) in [4.78, 5) is 4.89. The molecule has 196 valence electrons. The summed E-state index contributed by atoms with van der Waals surface area (Å²) in [5.74, 6) is 5.85. The molecule has 0 N–H and O–H groups in total. The molecule has 37 heavy (non-hydrogen) atoms. The Morgan fingerprint density at radius 1 is 0.973 bits per heavy atom. The van der Waals surface area contributed by atoms with E-state index in [1.54, 1.807) is 0 Å². The number of ether oxygens (including phenoxy) is 1. The van der Waals surface area contributed by atoms with Gasteiger partial charge in [-0.05, 0) is 60.5 Å². The predicted octanol–water partition coefficient (Wildman–Crippen LogP) is 7.08. The molecule has 3 atom stereocenters. The summed E-state index contributed by atoms with van der Waals surface area (Å²) < 4.78 is 86.1. The van der Waals surface area contributed by atoms with Gasteiger partial charge in [-0.1, -0.05) is 47.3 Å². The molecule has 2 aliphatic rings. The third kappa shape index (κ3) is 5.72. The van der Waals surface area contributed by atoms with E-state index in [4.69, 9.17) is 10.3 Å². The van der Waals surface area contributed by atoms with Gasteiger partial charge < -0.3 is 4.74 Å². The Morgan fingerprint density at radius 2 is 1.65 bits per heavy atom. The Hall–Kier alpha value is -3.19. The number of hydrogen-bond donors (Lipinski definition) is 0. The molecule has 0 aliphatic carbocycles. The van der Waals surface area contributed by atoms with E-state index in [1.807, 2.05) is 30.3 Å². The molecule has 2 bridgehead atoms. The lowest BCUT2D eigenvalue weighted by atomic mass is 9.79. The third-order valence-corrected chi connectivity index (χ3v) is 7.07. The van der Waals surface area contributed by atoms with Crippen LogP contribution in [-0.2, 0) is 29.2 Å². The molecular formula is C26H24F6N4O. The van der Waals surface area contributed by atoms with Gasteiger partial charge in [0, 0.05) is 11.0 Å². The summed E-state index contributed by atoms with van der Waals surface area (Å²) in [5.41, 5.74) is 5.86. The zero-order chi connectivity index (χ0) is 26.7. The van der Waals surface area contributed by atoms with Gasteiger partial charge in [0.1, 0.15) is 0 Å². The SMILES string of the molecule is [N-]=[N+]=NCC#CCN1[C@H]2CC[C@@H](OCc3cc(C(F)(F)F)cc(C(F)(F)F)c3)[C@]1(c1ccccc1)CC2. The monoisotopic (exact) mass is 522 g/mol. The highest BCUT2D eigenvalue weighted by Gasteiger charge is 2.55. The molecular weight excluding hydrogens is 498 g/mol. The van der Waals surface area contributed by atoms with Crippen LogP contribution in [0.4, 0.5) is 26.3 Å². The minimum Gasteiger partial charge on any atom is -0.371 e. The van der Waals surface area contributed by atoms with E-state index in [1.165, 1.54) is 0 Å². The molecule has 0 aromatic heterocycles. The molecule has 2 fully saturated rings. The maximum atomic E-state index is 13.3. The number of benzene rings is 2. The Bertz CT molecular complexity index is 1180. The summed E-state index contributed by atoms with van der Waals surface area (Å²) in [6.07, 6.45) is -7.39.